The molecule has 4 heterocycles. The van der Waals surface area contributed by atoms with Crippen LogP contribution in [0.5, 0.6) is 11.5 Å². The predicted octanol–water partition coefficient (Wildman–Crippen LogP) is 1.54. The maximum atomic E-state index is 12.8. The fourth-order valence-corrected chi connectivity index (χ4v) is 4.08. The summed E-state index contributed by atoms with van der Waals surface area (Å²) < 4.78 is 41.9. The number of nitrogens with zero attached hydrogens (tertiary/aromatic N) is 6. The number of aromatic nitrogens is 6. The molecule has 0 fully saturated rings. The first kappa shape index (κ1) is 19.8. The Morgan fingerprint density at radius 2 is 2.03 bits per heavy atom. The van der Waals surface area contributed by atoms with Crippen molar-refractivity contribution in [2.75, 3.05) is 16.8 Å². The molecule has 1 aromatic carbocycles. The average Bonchev–Trinajstić information content (AvgIpc) is 3.54. The Balaban J connectivity index is 1.45. The highest BCUT2D eigenvalue weighted by molar-refractivity contribution is 7.92. The Morgan fingerprint density at radius 3 is 2.81 bits per heavy atom. The fourth-order valence-electron chi connectivity index (χ4n) is 3.05. The molecule has 0 saturated carbocycles. The van der Waals surface area contributed by atoms with Gasteiger partial charge in [-0.2, -0.15) is 13.4 Å². The summed E-state index contributed by atoms with van der Waals surface area (Å²) in [7, 11) is -2.24. The summed E-state index contributed by atoms with van der Waals surface area (Å²) in [5.74, 6) is 1.96. The summed E-state index contributed by atoms with van der Waals surface area (Å²) in [6, 6.07) is 5.56. The topological polar surface area (TPSA) is 138 Å². The first-order valence-corrected chi connectivity index (χ1v) is 10.9. The van der Waals surface area contributed by atoms with Crippen molar-refractivity contribution in [3.8, 4) is 17.4 Å². The third-order valence-corrected chi connectivity index (χ3v) is 5.86. The van der Waals surface area contributed by atoms with Crippen molar-refractivity contribution in [1.82, 2.24) is 29.1 Å². The summed E-state index contributed by atoms with van der Waals surface area (Å²) >= 11 is 0. The zero-order valence-electron chi connectivity index (χ0n) is 16.8. The van der Waals surface area contributed by atoms with E-state index in [0.29, 0.717) is 29.8 Å². The van der Waals surface area contributed by atoms with Crippen LogP contribution >= 0.6 is 0 Å². The molecule has 0 bridgehead atoms. The molecule has 32 heavy (non-hydrogen) atoms. The van der Waals surface area contributed by atoms with Gasteiger partial charge in [-0.1, -0.05) is 6.07 Å². The van der Waals surface area contributed by atoms with Crippen LogP contribution in [0, 0.1) is 0 Å². The molecule has 0 radical (unpaired) electrons. The number of aryl methyl sites for hydroxylation is 1. The van der Waals surface area contributed by atoms with Crippen LogP contribution in [-0.2, 0) is 23.6 Å². The molecular formula is C19H18N8O4S. The molecule has 1 aliphatic rings. The molecule has 13 heteroatoms. The molecule has 0 aliphatic carbocycles. The average molecular weight is 454 g/mol. The summed E-state index contributed by atoms with van der Waals surface area (Å²) in [5, 5.41) is 3.06. The molecular weight excluding hydrogens is 436 g/mol. The van der Waals surface area contributed by atoms with Gasteiger partial charge < -0.3 is 19.4 Å². The van der Waals surface area contributed by atoms with Gasteiger partial charge in [-0.3, -0.25) is 9.29 Å². The lowest BCUT2D eigenvalue weighted by atomic mass is 10.2. The van der Waals surface area contributed by atoms with Gasteiger partial charge in [-0.25, -0.2) is 15.0 Å². The van der Waals surface area contributed by atoms with Crippen LogP contribution in [0.25, 0.3) is 5.95 Å². The van der Waals surface area contributed by atoms with Gasteiger partial charge in [0.2, 0.25) is 12.7 Å². The molecule has 0 saturated heterocycles. The minimum atomic E-state index is -3.93. The second kappa shape index (κ2) is 7.85. The smallest absolute Gasteiger partial charge is 0.281 e. The minimum absolute atomic E-state index is 0.111. The lowest BCUT2D eigenvalue weighted by Crippen LogP contribution is -2.17. The van der Waals surface area contributed by atoms with Crippen molar-refractivity contribution in [1.29, 1.82) is 0 Å². The highest BCUT2D eigenvalue weighted by atomic mass is 32.2. The van der Waals surface area contributed by atoms with Gasteiger partial charge in [0.25, 0.3) is 10.0 Å². The first-order chi connectivity index (χ1) is 15.5. The number of fused-ring (bicyclic) bond motifs is 1. The lowest BCUT2D eigenvalue weighted by Gasteiger charge is -2.14. The molecule has 3 aromatic heterocycles. The second-order valence-electron chi connectivity index (χ2n) is 6.93. The first-order valence-electron chi connectivity index (χ1n) is 9.46. The van der Waals surface area contributed by atoms with E-state index in [9.17, 15) is 8.42 Å². The van der Waals surface area contributed by atoms with Gasteiger partial charge in [-0.05, 0) is 17.7 Å². The number of anilines is 2. The number of ether oxygens (including phenoxy) is 2. The Morgan fingerprint density at radius 1 is 1.16 bits per heavy atom. The van der Waals surface area contributed by atoms with Gasteiger partial charge in [0.1, 0.15) is 12.0 Å². The molecule has 1 aliphatic heterocycles. The molecule has 0 spiro atoms. The lowest BCUT2D eigenvalue weighted by molar-refractivity contribution is 0.174. The molecule has 2 N–H and O–H groups in total. The highest BCUT2D eigenvalue weighted by Crippen LogP contribution is 2.33. The fraction of sp³-hybridized carbons (Fsp3) is 0.158. The maximum Gasteiger partial charge on any atom is 0.281 e. The van der Waals surface area contributed by atoms with E-state index in [2.05, 4.69) is 30.0 Å². The van der Waals surface area contributed by atoms with Crippen LogP contribution in [0.4, 0.5) is 11.5 Å². The summed E-state index contributed by atoms with van der Waals surface area (Å²) in [6.45, 7) is 0.543. The third-order valence-electron chi connectivity index (χ3n) is 4.61. The van der Waals surface area contributed by atoms with Gasteiger partial charge in [-0.15, -0.1) is 0 Å². The van der Waals surface area contributed by atoms with E-state index in [1.54, 1.807) is 34.9 Å². The number of imidazole rings is 2. The molecule has 5 rings (SSSR count). The van der Waals surface area contributed by atoms with Crippen molar-refractivity contribution in [2.45, 2.75) is 11.6 Å². The van der Waals surface area contributed by atoms with Crippen LogP contribution in [0.1, 0.15) is 5.56 Å². The Bertz CT molecular complexity index is 1370. The van der Waals surface area contributed by atoms with Crippen LogP contribution < -0.4 is 19.5 Å². The molecule has 164 valence electrons. The summed E-state index contributed by atoms with van der Waals surface area (Å²) in [4.78, 5) is 16.6. The number of rotatable bonds is 7. The Kier molecular flexibility index (Phi) is 4.86. The largest absolute Gasteiger partial charge is 0.454 e. The van der Waals surface area contributed by atoms with Crippen LogP contribution in [0.2, 0.25) is 0 Å². The molecule has 12 nitrogen and oxygen atoms in total. The van der Waals surface area contributed by atoms with Crippen molar-refractivity contribution < 1.29 is 17.9 Å². The van der Waals surface area contributed by atoms with Crippen molar-refractivity contribution in [3.63, 3.8) is 0 Å². The van der Waals surface area contributed by atoms with Crippen molar-refractivity contribution in [2.24, 2.45) is 7.05 Å². The standard InChI is InChI=1S/C19H18N8O4S/c1-26-9-17(23-11-26)32(28,29)25-14-8-22-19(27-5-4-20-10-27)24-18(14)21-7-13-2-3-15-16(6-13)31-12-30-15/h2-6,8-11,25H,7,12H2,1H3,(H,21,22,24). The summed E-state index contributed by atoms with van der Waals surface area (Å²) in [5.41, 5.74) is 1.08. The molecule has 4 aromatic rings. The van der Waals surface area contributed by atoms with E-state index in [0.717, 1.165) is 5.56 Å². The van der Waals surface area contributed by atoms with Gasteiger partial charge in [0, 0.05) is 32.2 Å². The van der Waals surface area contributed by atoms with E-state index in [-0.39, 0.29) is 17.5 Å². The number of hydrogen-bond acceptors (Lipinski definition) is 9. The normalized spacial score (nSPS) is 12.7. The number of nitrogens with one attached hydrogen (secondary N) is 2. The number of benzene rings is 1. The summed E-state index contributed by atoms with van der Waals surface area (Å²) in [6.07, 6.45) is 9.05. The zero-order valence-corrected chi connectivity index (χ0v) is 17.7. The van der Waals surface area contributed by atoms with Crippen LogP contribution in [0.3, 0.4) is 0 Å². The predicted molar refractivity (Wildman–Crippen MR) is 113 cm³/mol. The SMILES string of the molecule is Cn1cnc(S(=O)(=O)Nc2cnc(-n3ccnc3)nc2NCc2ccc3c(c2)OCO3)c1. The minimum Gasteiger partial charge on any atom is -0.454 e. The second-order valence-corrected chi connectivity index (χ2v) is 8.56. The Hall–Kier alpha value is -4.13. The van der Waals surface area contributed by atoms with Crippen molar-refractivity contribution in [3.05, 3.63) is 61.2 Å². The van der Waals surface area contributed by atoms with Gasteiger partial charge in [0.05, 0.1) is 12.5 Å². The number of sulfonamides is 1. The molecule has 0 atom stereocenters. The van der Waals surface area contributed by atoms with Crippen LogP contribution in [-0.4, -0.2) is 44.3 Å². The van der Waals surface area contributed by atoms with Gasteiger partial charge in [0.15, 0.2) is 22.3 Å². The van der Waals surface area contributed by atoms with Crippen molar-refractivity contribution >= 4 is 21.5 Å². The van der Waals surface area contributed by atoms with Gasteiger partial charge >= 0.3 is 0 Å². The quantitative estimate of drug-likeness (QED) is 0.426. The van der Waals surface area contributed by atoms with E-state index >= 15 is 0 Å². The number of hydrogen-bond donors (Lipinski definition) is 2. The Labute approximate surface area is 182 Å². The zero-order chi connectivity index (χ0) is 22.1. The molecule has 0 unspecified atom stereocenters. The highest BCUT2D eigenvalue weighted by Gasteiger charge is 2.21. The van der Waals surface area contributed by atoms with E-state index in [4.69, 9.17) is 9.47 Å². The molecule has 0 amide bonds. The van der Waals surface area contributed by atoms with E-state index in [1.807, 2.05) is 18.2 Å². The maximum absolute atomic E-state index is 12.8. The van der Waals surface area contributed by atoms with Crippen LogP contribution in [0.15, 0.2) is 60.7 Å². The monoisotopic (exact) mass is 454 g/mol. The van der Waals surface area contributed by atoms with E-state index < -0.39 is 10.0 Å². The third kappa shape index (κ3) is 3.92. The van der Waals surface area contributed by atoms with E-state index in [1.165, 1.54) is 18.7 Å².